The fourth-order valence-electron chi connectivity index (χ4n) is 1.62. The zero-order valence-electron chi connectivity index (χ0n) is 8.82. The van der Waals surface area contributed by atoms with Gasteiger partial charge in [0.25, 0.3) is 0 Å². The summed E-state index contributed by atoms with van der Waals surface area (Å²) in [7, 11) is 0. The van der Waals surface area contributed by atoms with Crippen molar-refractivity contribution in [1.29, 1.82) is 0 Å². The molecular formula is C10H21NO2. The predicted octanol–water partition coefficient (Wildman–Crippen LogP) is 0.460. The van der Waals surface area contributed by atoms with Crippen LogP contribution in [0, 0.1) is 5.92 Å². The summed E-state index contributed by atoms with van der Waals surface area (Å²) in [6.07, 6.45) is 0.571. The summed E-state index contributed by atoms with van der Waals surface area (Å²) in [4.78, 5) is 2.19. The molecule has 1 fully saturated rings. The molecule has 0 aromatic rings. The molecule has 13 heavy (non-hydrogen) atoms. The van der Waals surface area contributed by atoms with Crippen molar-refractivity contribution >= 4 is 0 Å². The maximum absolute atomic E-state index is 9.92. The van der Waals surface area contributed by atoms with Crippen molar-refractivity contribution in [3.63, 3.8) is 0 Å². The summed E-state index contributed by atoms with van der Waals surface area (Å²) >= 11 is 0. The van der Waals surface area contributed by atoms with E-state index in [1.807, 2.05) is 13.8 Å². The molecule has 0 bridgehead atoms. The highest BCUT2D eigenvalue weighted by Gasteiger charge is 2.42. The van der Waals surface area contributed by atoms with Gasteiger partial charge in [0, 0.05) is 19.6 Å². The Labute approximate surface area is 80.4 Å². The third-order valence-corrected chi connectivity index (χ3v) is 2.93. The molecule has 1 aliphatic heterocycles. The maximum Gasteiger partial charge on any atom is 0.0922 e. The molecule has 1 rings (SSSR count). The Morgan fingerprint density at radius 2 is 1.85 bits per heavy atom. The fraction of sp³-hybridized carbons (Fsp3) is 1.00. The Bertz CT molecular complexity index is 162. The highest BCUT2D eigenvalue weighted by atomic mass is 16.3. The second-order valence-electron chi connectivity index (χ2n) is 4.61. The van der Waals surface area contributed by atoms with E-state index >= 15 is 0 Å². The van der Waals surface area contributed by atoms with E-state index in [-0.39, 0.29) is 6.10 Å². The van der Waals surface area contributed by atoms with E-state index in [4.69, 9.17) is 5.11 Å². The number of rotatable bonds is 4. The van der Waals surface area contributed by atoms with Crippen LogP contribution in [0.25, 0.3) is 0 Å². The van der Waals surface area contributed by atoms with Gasteiger partial charge in [0.15, 0.2) is 0 Å². The van der Waals surface area contributed by atoms with E-state index in [0.717, 1.165) is 26.1 Å². The molecule has 1 atom stereocenters. The lowest BCUT2D eigenvalue weighted by atomic mass is 9.83. The molecule has 1 heterocycles. The first-order valence-electron chi connectivity index (χ1n) is 5.07. The first-order chi connectivity index (χ1) is 5.94. The standard InChI is InChI=1S/C10H21NO2/c1-8(2)10(13)6-11(7-10)5-4-9(3)12/h8-9,12-13H,4-7H2,1-3H3. The van der Waals surface area contributed by atoms with Crippen molar-refractivity contribution in [3.05, 3.63) is 0 Å². The molecule has 2 N–H and O–H groups in total. The Balaban J connectivity index is 2.18. The summed E-state index contributed by atoms with van der Waals surface area (Å²) in [5.41, 5.74) is -0.474. The van der Waals surface area contributed by atoms with Crippen LogP contribution in [0.2, 0.25) is 0 Å². The van der Waals surface area contributed by atoms with Crippen molar-refractivity contribution in [2.75, 3.05) is 19.6 Å². The highest BCUT2D eigenvalue weighted by molar-refractivity contribution is 4.97. The number of hydrogen-bond donors (Lipinski definition) is 2. The van der Waals surface area contributed by atoms with Crippen LogP contribution in [0.15, 0.2) is 0 Å². The summed E-state index contributed by atoms with van der Waals surface area (Å²) in [5, 5.41) is 19.0. The van der Waals surface area contributed by atoms with Crippen LogP contribution in [-0.4, -0.2) is 46.5 Å². The second-order valence-corrected chi connectivity index (χ2v) is 4.61. The largest absolute Gasteiger partial charge is 0.393 e. The van der Waals surface area contributed by atoms with Crippen LogP contribution in [0.3, 0.4) is 0 Å². The van der Waals surface area contributed by atoms with Gasteiger partial charge in [0.1, 0.15) is 0 Å². The van der Waals surface area contributed by atoms with Gasteiger partial charge in [0.05, 0.1) is 11.7 Å². The van der Waals surface area contributed by atoms with Gasteiger partial charge < -0.3 is 10.2 Å². The Hall–Kier alpha value is -0.120. The second kappa shape index (κ2) is 3.95. The molecule has 0 spiro atoms. The van der Waals surface area contributed by atoms with Crippen molar-refractivity contribution in [2.45, 2.75) is 38.9 Å². The number of aliphatic hydroxyl groups excluding tert-OH is 1. The molecule has 3 heteroatoms. The van der Waals surface area contributed by atoms with E-state index in [2.05, 4.69) is 4.90 Å². The number of β-amino-alcohol motifs (C(OH)–C–C–N with tert-alkyl or cyclic N) is 1. The molecule has 0 aromatic heterocycles. The van der Waals surface area contributed by atoms with E-state index < -0.39 is 5.60 Å². The van der Waals surface area contributed by atoms with Gasteiger partial charge in [-0.05, 0) is 19.3 Å². The molecule has 1 saturated heterocycles. The number of likely N-dealkylation sites (tertiary alicyclic amines) is 1. The van der Waals surface area contributed by atoms with Crippen LogP contribution in [0.5, 0.6) is 0 Å². The molecule has 0 aromatic carbocycles. The SMILES string of the molecule is CC(O)CCN1CC(O)(C(C)C)C1. The fourth-order valence-corrected chi connectivity index (χ4v) is 1.62. The number of nitrogens with zero attached hydrogens (tertiary/aromatic N) is 1. The van der Waals surface area contributed by atoms with Gasteiger partial charge in [-0.1, -0.05) is 13.8 Å². The van der Waals surface area contributed by atoms with E-state index in [1.165, 1.54) is 0 Å². The minimum absolute atomic E-state index is 0.229. The van der Waals surface area contributed by atoms with Crippen LogP contribution < -0.4 is 0 Å². The predicted molar refractivity (Wildman–Crippen MR) is 52.5 cm³/mol. The zero-order chi connectivity index (χ0) is 10.1. The number of aliphatic hydroxyl groups is 2. The molecule has 1 aliphatic rings. The van der Waals surface area contributed by atoms with Crippen LogP contribution in [0.1, 0.15) is 27.2 Å². The molecule has 3 nitrogen and oxygen atoms in total. The molecule has 1 unspecified atom stereocenters. The Morgan fingerprint density at radius 3 is 2.23 bits per heavy atom. The first-order valence-corrected chi connectivity index (χ1v) is 5.07. The third-order valence-electron chi connectivity index (χ3n) is 2.93. The minimum atomic E-state index is -0.474. The summed E-state index contributed by atoms with van der Waals surface area (Å²) in [5.74, 6) is 0.329. The topological polar surface area (TPSA) is 43.7 Å². The molecular weight excluding hydrogens is 166 g/mol. The molecule has 78 valence electrons. The van der Waals surface area contributed by atoms with Crippen LogP contribution in [0.4, 0.5) is 0 Å². The van der Waals surface area contributed by atoms with E-state index in [0.29, 0.717) is 5.92 Å². The summed E-state index contributed by atoms with van der Waals surface area (Å²) in [6.45, 7) is 8.31. The van der Waals surface area contributed by atoms with Crippen LogP contribution >= 0.6 is 0 Å². The first kappa shape index (κ1) is 11.0. The van der Waals surface area contributed by atoms with Crippen LogP contribution in [-0.2, 0) is 0 Å². The Kier molecular flexibility index (Phi) is 3.33. The van der Waals surface area contributed by atoms with Gasteiger partial charge >= 0.3 is 0 Å². The summed E-state index contributed by atoms with van der Waals surface area (Å²) in [6, 6.07) is 0. The van der Waals surface area contributed by atoms with Crippen molar-refractivity contribution in [3.8, 4) is 0 Å². The lowest BCUT2D eigenvalue weighted by Gasteiger charge is -2.49. The highest BCUT2D eigenvalue weighted by Crippen LogP contribution is 2.28. The maximum atomic E-state index is 9.92. The average molecular weight is 187 g/mol. The number of hydrogen-bond acceptors (Lipinski definition) is 3. The zero-order valence-corrected chi connectivity index (χ0v) is 8.82. The minimum Gasteiger partial charge on any atom is -0.393 e. The molecule has 0 aliphatic carbocycles. The quantitative estimate of drug-likeness (QED) is 0.672. The van der Waals surface area contributed by atoms with Gasteiger partial charge in [0.2, 0.25) is 0 Å². The molecule has 0 radical (unpaired) electrons. The average Bonchev–Trinajstić information content (AvgIpc) is 1.95. The smallest absolute Gasteiger partial charge is 0.0922 e. The van der Waals surface area contributed by atoms with E-state index in [9.17, 15) is 5.11 Å². The normalized spacial score (nSPS) is 24.5. The van der Waals surface area contributed by atoms with E-state index in [1.54, 1.807) is 6.92 Å². The van der Waals surface area contributed by atoms with Gasteiger partial charge in [-0.25, -0.2) is 0 Å². The van der Waals surface area contributed by atoms with Gasteiger partial charge in [-0.15, -0.1) is 0 Å². The lowest BCUT2D eigenvalue weighted by Crippen LogP contribution is -2.64. The monoisotopic (exact) mass is 187 g/mol. The molecule has 0 amide bonds. The lowest BCUT2D eigenvalue weighted by molar-refractivity contribution is -0.129. The van der Waals surface area contributed by atoms with Crippen molar-refractivity contribution in [2.24, 2.45) is 5.92 Å². The van der Waals surface area contributed by atoms with Gasteiger partial charge in [-0.3, -0.25) is 4.90 Å². The van der Waals surface area contributed by atoms with Crippen molar-refractivity contribution < 1.29 is 10.2 Å². The van der Waals surface area contributed by atoms with Crippen molar-refractivity contribution in [1.82, 2.24) is 4.90 Å². The van der Waals surface area contributed by atoms with Gasteiger partial charge in [-0.2, -0.15) is 0 Å². The summed E-state index contributed by atoms with van der Waals surface area (Å²) < 4.78 is 0. The Morgan fingerprint density at radius 1 is 1.31 bits per heavy atom. The molecule has 0 saturated carbocycles. The third kappa shape index (κ3) is 2.66.